The van der Waals surface area contributed by atoms with Crippen molar-refractivity contribution in [1.29, 1.82) is 0 Å². The van der Waals surface area contributed by atoms with E-state index in [2.05, 4.69) is 27.8 Å². The monoisotopic (exact) mass is 446 g/mol. The molecule has 0 spiro atoms. The largest absolute Gasteiger partial charge is 0.353 e. The third-order valence-corrected chi connectivity index (χ3v) is 8.07. The fourth-order valence-electron chi connectivity index (χ4n) is 4.52. The van der Waals surface area contributed by atoms with Gasteiger partial charge < -0.3 is 4.90 Å². The first-order valence-electron chi connectivity index (χ1n) is 10.2. The molecule has 1 fully saturated rings. The summed E-state index contributed by atoms with van der Waals surface area (Å²) in [5.41, 5.74) is 2.72. The van der Waals surface area contributed by atoms with Crippen molar-refractivity contribution in [2.24, 2.45) is 5.92 Å². The van der Waals surface area contributed by atoms with Crippen molar-refractivity contribution >= 4 is 50.6 Å². The molecule has 152 valence electrons. The second-order valence-corrected chi connectivity index (χ2v) is 10.1. The van der Waals surface area contributed by atoms with Crippen LogP contribution in [0.5, 0.6) is 0 Å². The van der Waals surface area contributed by atoms with Crippen LogP contribution in [0.3, 0.4) is 0 Å². The number of halogens is 2. The van der Waals surface area contributed by atoms with E-state index in [9.17, 15) is 0 Å². The molecule has 1 aliphatic carbocycles. The van der Waals surface area contributed by atoms with Gasteiger partial charge >= 0.3 is 0 Å². The Morgan fingerprint density at radius 1 is 1.10 bits per heavy atom. The van der Waals surface area contributed by atoms with Crippen LogP contribution in [-0.2, 0) is 19.4 Å². The van der Waals surface area contributed by atoms with Crippen molar-refractivity contribution in [2.75, 3.05) is 31.1 Å². The number of aryl methyl sites for hydroxylation is 1. The molecule has 1 atom stereocenters. The van der Waals surface area contributed by atoms with E-state index in [0.717, 1.165) is 55.7 Å². The van der Waals surface area contributed by atoms with Gasteiger partial charge in [0, 0.05) is 37.6 Å². The second-order valence-electron chi connectivity index (χ2n) is 8.24. The standard InChI is InChI=1S/C22H24Cl2N4S/c1-14-2-5-19-16(10-14)20-21(25-13-26-22(20)29-19)28-8-6-27(7-9-28)12-15-3-4-17(23)18(24)11-15/h3-4,11,13-14H,2,5-10,12H2,1H3. The Morgan fingerprint density at radius 2 is 1.93 bits per heavy atom. The van der Waals surface area contributed by atoms with E-state index < -0.39 is 0 Å². The molecule has 1 aliphatic heterocycles. The van der Waals surface area contributed by atoms with Crippen molar-refractivity contribution < 1.29 is 0 Å². The molecule has 0 bridgehead atoms. The second kappa shape index (κ2) is 8.03. The van der Waals surface area contributed by atoms with Gasteiger partial charge in [-0.3, -0.25) is 4.90 Å². The molecule has 1 saturated heterocycles. The highest BCUT2D eigenvalue weighted by atomic mass is 35.5. The highest BCUT2D eigenvalue weighted by molar-refractivity contribution is 7.19. The maximum atomic E-state index is 6.18. The van der Waals surface area contributed by atoms with Crippen LogP contribution in [0.25, 0.3) is 10.2 Å². The first kappa shape index (κ1) is 19.6. The zero-order valence-electron chi connectivity index (χ0n) is 16.5. The minimum Gasteiger partial charge on any atom is -0.353 e. The van der Waals surface area contributed by atoms with Crippen LogP contribution in [0.15, 0.2) is 24.5 Å². The molecule has 0 saturated carbocycles. The lowest BCUT2D eigenvalue weighted by molar-refractivity contribution is 0.249. The van der Waals surface area contributed by atoms with Gasteiger partial charge in [0.05, 0.1) is 15.4 Å². The summed E-state index contributed by atoms with van der Waals surface area (Å²) < 4.78 is 0. The topological polar surface area (TPSA) is 32.3 Å². The van der Waals surface area contributed by atoms with Crippen LogP contribution in [0, 0.1) is 5.92 Å². The predicted octanol–water partition coefficient (Wildman–Crippen LogP) is 5.45. The number of nitrogens with zero attached hydrogens (tertiary/aromatic N) is 4. The SMILES string of the molecule is CC1CCc2sc3ncnc(N4CCN(Cc5ccc(Cl)c(Cl)c5)CC4)c3c2C1. The molecule has 3 heterocycles. The van der Waals surface area contributed by atoms with Crippen molar-refractivity contribution in [2.45, 2.75) is 32.7 Å². The van der Waals surface area contributed by atoms with Crippen LogP contribution in [0.4, 0.5) is 5.82 Å². The van der Waals surface area contributed by atoms with E-state index in [1.165, 1.54) is 34.2 Å². The highest BCUT2D eigenvalue weighted by Crippen LogP contribution is 2.40. The number of hydrogen-bond acceptors (Lipinski definition) is 5. The van der Waals surface area contributed by atoms with E-state index in [4.69, 9.17) is 28.2 Å². The molecule has 29 heavy (non-hydrogen) atoms. The van der Waals surface area contributed by atoms with Crippen molar-refractivity contribution in [3.63, 3.8) is 0 Å². The zero-order chi connectivity index (χ0) is 20.0. The number of fused-ring (bicyclic) bond motifs is 3. The lowest BCUT2D eigenvalue weighted by Crippen LogP contribution is -2.46. The minimum atomic E-state index is 0.612. The molecule has 0 N–H and O–H groups in total. The third kappa shape index (κ3) is 3.86. The van der Waals surface area contributed by atoms with Gasteiger partial charge in [-0.05, 0) is 48.4 Å². The predicted molar refractivity (Wildman–Crippen MR) is 123 cm³/mol. The van der Waals surface area contributed by atoms with Gasteiger partial charge in [-0.15, -0.1) is 11.3 Å². The maximum absolute atomic E-state index is 6.18. The third-order valence-electron chi connectivity index (χ3n) is 6.13. The summed E-state index contributed by atoms with van der Waals surface area (Å²) in [5.74, 6) is 1.88. The molecule has 1 aromatic carbocycles. The molecular weight excluding hydrogens is 423 g/mol. The molecule has 1 unspecified atom stereocenters. The van der Waals surface area contributed by atoms with E-state index in [1.54, 1.807) is 6.33 Å². The normalized spacial score (nSPS) is 20.2. The average molecular weight is 447 g/mol. The number of anilines is 1. The molecule has 0 radical (unpaired) electrons. The maximum Gasteiger partial charge on any atom is 0.141 e. The van der Waals surface area contributed by atoms with Crippen LogP contribution >= 0.6 is 34.5 Å². The summed E-state index contributed by atoms with van der Waals surface area (Å²) in [5, 5.41) is 2.56. The van der Waals surface area contributed by atoms with Gasteiger partial charge in [0.25, 0.3) is 0 Å². The minimum absolute atomic E-state index is 0.612. The molecule has 2 aliphatic rings. The van der Waals surface area contributed by atoms with E-state index >= 15 is 0 Å². The van der Waals surface area contributed by atoms with Gasteiger partial charge in [0.1, 0.15) is 17.0 Å². The van der Waals surface area contributed by atoms with E-state index in [-0.39, 0.29) is 0 Å². The van der Waals surface area contributed by atoms with Gasteiger partial charge in [0.2, 0.25) is 0 Å². The Kier molecular flexibility index (Phi) is 5.41. The molecule has 2 aromatic heterocycles. The molecule has 4 nitrogen and oxygen atoms in total. The van der Waals surface area contributed by atoms with Crippen LogP contribution in [0.2, 0.25) is 10.0 Å². The van der Waals surface area contributed by atoms with Crippen LogP contribution in [0.1, 0.15) is 29.3 Å². The zero-order valence-corrected chi connectivity index (χ0v) is 18.8. The number of hydrogen-bond donors (Lipinski definition) is 0. The summed E-state index contributed by atoms with van der Waals surface area (Å²) in [6.45, 7) is 7.23. The first-order valence-corrected chi connectivity index (χ1v) is 11.8. The fourth-order valence-corrected chi connectivity index (χ4v) is 6.02. The molecule has 7 heteroatoms. The summed E-state index contributed by atoms with van der Waals surface area (Å²) >= 11 is 14.1. The summed E-state index contributed by atoms with van der Waals surface area (Å²) in [6.07, 6.45) is 5.38. The van der Waals surface area contributed by atoms with Crippen molar-refractivity contribution in [3.05, 3.63) is 50.6 Å². The average Bonchev–Trinajstić information content (AvgIpc) is 3.09. The molecule has 3 aromatic rings. The number of piperazine rings is 1. The summed E-state index contributed by atoms with van der Waals surface area (Å²) in [6, 6.07) is 5.92. The fraction of sp³-hybridized carbons (Fsp3) is 0.455. The lowest BCUT2D eigenvalue weighted by atomic mass is 9.88. The smallest absolute Gasteiger partial charge is 0.141 e. The number of thiophene rings is 1. The summed E-state index contributed by atoms with van der Waals surface area (Å²) in [4.78, 5) is 16.9. The number of benzene rings is 1. The quantitative estimate of drug-likeness (QED) is 0.535. The van der Waals surface area contributed by atoms with Gasteiger partial charge in [-0.1, -0.05) is 36.2 Å². The van der Waals surface area contributed by atoms with Gasteiger partial charge in [-0.25, -0.2) is 9.97 Å². The highest BCUT2D eigenvalue weighted by Gasteiger charge is 2.26. The Balaban J connectivity index is 1.34. The lowest BCUT2D eigenvalue weighted by Gasteiger charge is -2.36. The Bertz CT molecular complexity index is 1040. The molecule has 5 rings (SSSR count). The Hall–Kier alpha value is -1.40. The van der Waals surface area contributed by atoms with Crippen LogP contribution < -0.4 is 4.90 Å². The van der Waals surface area contributed by atoms with Crippen molar-refractivity contribution in [3.8, 4) is 0 Å². The van der Waals surface area contributed by atoms with Crippen molar-refractivity contribution in [1.82, 2.24) is 14.9 Å². The Labute approximate surface area is 185 Å². The first-order chi connectivity index (χ1) is 14.1. The van der Waals surface area contributed by atoms with Crippen LogP contribution in [-0.4, -0.2) is 41.0 Å². The number of rotatable bonds is 3. The molecular formula is C22H24Cl2N4S. The Morgan fingerprint density at radius 3 is 2.72 bits per heavy atom. The number of aromatic nitrogens is 2. The van der Waals surface area contributed by atoms with E-state index in [1.807, 2.05) is 23.5 Å². The molecule has 0 amide bonds. The summed E-state index contributed by atoms with van der Waals surface area (Å²) in [7, 11) is 0. The van der Waals surface area contributed by atoms with E-state index in [0.29, 0.717) is 10.0 Å². The van der Waals surface area contributed by atoms with Gasteiger partial charge in [0.15, 0.2) is 0 Å². The van der Waals surface area contributed by atoms with Gasteiger partial charge in [-0.2, -0.15) is 0 Å².